The van der Waals surface area contributed by atoms with Crippen LogP contribution in [0, 0.1) is 0 Å². The Morgan fingerprint density at radius 3 is 2.38 bits per heavy atom. The summed E-state index contributed by atoms with van der Waals surface area (Å²) >= 11 is 6.07. The predicted molar refractivity (Wildman–Crippen MR) is 104 cm³/mol. The van der Waals surface area contributed by atoms with Gasteiger partial charge in [-0.1, -0.05) is 41.9 Å². The SMILES string of the molecule is CCN(Cc1ccccc1)C(=O)CN(C(C)=O)c1cc(Cl)ccc1OC. The number of likely N-dealkylation sites (N-methyl/N-ethyl adjacent to an activating group) is 1. The number of amides is 2. The Balaban J connectivity index is 2.22. The van der Waals surface area contributed by atoms with Crippen molar-refractivity contribution < 1.29 is 14.3 Å². The highest BCUT2D eigenvalue weighted by molar-refractivity contribution is 6.31. The number of methoxy groups -OCH3 is 1. The topological polar surface area (TPSA) is 49.9 Å². The van der Waals surface area contributed by atoms with Crippen LogP contribution in [0.5, 0.6) is 5.75 Å². The first-order valence-corrected chi connectivity index (χ1v) is 8.77. The van der Waals surface area contributed by atoms with E-state index in [-0.39, 0.29) is 18.4 Å². The van der Waals surface area contributed by atoms with Crippen molar-refractivity contribution in [2.24, 2.45) is 0 Å². The lowest BCUT2D eigenvalue weighted by Crippen LogP contribution is -2.42. The fourth-order valence-corrected chi connectivity index (χ4v) is 2.82. The number of hydrogen-bond acceptors (Lipinski definition) is 3. The number of nitrogens with zero attached hydrogens (tertiary/aromatic N) is 2. The van der Waals surface area contributed by atoms with Crippen molar-refractivity contribution >= 4 is 29.1 Å². The maximum absolute atomic E-state index is 12.8. The summed E-state index contributed by atoms with van der Waals surface area (Å²) in [6, 6.07) is 14.7. The van der Waals surface area contributed by atoms with Crippen LogP contribution in [0.4, 0.5) is 5.69 Å². The number of carbonyl (C=O) groups is 2. The Bertz CT molecular complexity index is 765. The summed E-state index contributed by atoms with van der Waals surface area (Å²) in [7, 11) is 1.51. The molecular formula is C20H23ClN2O3. The van der Waals surface area contributed by atoms with Gasteiger partial charge in [-0.05, 0) is 30.7 Å². The third kappa shape index (κ3) is 4.99. The van der Waals surface area contributed by atoms with E-state index in [0.29, 0.717) is 29.5 Å². The Labute approximate surface area is 159 Å². The van der Waals surface area contributed by atoms with Gasteiger partial charge < -0.3 is 9.64 Å². The predicted octanol–water partition coefficient (Wildman–Crippen LogP) is 3.75. The normalized spacial score (nSPS) is 10.3. The molecule has 2 amide bonds. The first kappa shape index (κ1) is 19.8. The van der Waals surface area contributed by atoms with Crippen LogP contribution in [0.2, 0.25) is 5.02 Å². The zero-order valence-corrected chi connectivity index (χ0v) is 16.0. The highest BCUT2D eigenvalue weighted by atomic mass is 35.5. The Morgan fingerprint density at radius 1 is 1.12 bits per heavy atom. The van der Waals surface area contributed by atoms with Crippen molar-refractivity contribution in [3.05, 3.63) is 59.1 Å². The third-order valence-electron chi connectivity index (χ3n) is 4.06. The van der Waals surface area contributed by atoms with Crippen molar-refractivity contribution in [3.63, 3.8) is 0 Å². The first-order chi connectivity index (χ1) is 12.5. The first-order valence-electron chi connectivity index (χ1n) is 8.39. The standard InChI is InChI=1S/C20H23ClN2O3/c1-4-22(13-16-8-6-5-7-9-16)20(25)14-23(15(2)24)18-12-17(21)10-11-19(18)26-3/h5-12H,4,13-14H2,1-3H3. The quantitative estimate of drug-likeness (QED) is 0.741. The van der Waals surface area contributed by atoms with E-state index in [1.54, 1.807) is 23.1 Å². The molecule has 0 heterocycles. The van der Waals surface area contributed by atoms with E-state index in [9.17, 15) is 9.59 Å². The molecule has 2 aromatic rings. The molecule has 5 nitrogen and oxygen atoms in total. The molecule has 0 radical (unpaired) electrons. The fourth-order valence-electron chi connectivity index (χ4n) is 2.66. The van der Waals surface area contributed by atoms with Crippen LogP contribution in [0.3, 0.4) is 0 Å². The minimum Gasteiger partial charge on any atom is -0.495 e. The van der Waals surface area contributed by atoms with Gasteiger partial charge in [0.05, 0.1) is 12.8 Å². The van der Waals surface area contributed by atoms with E-state index >= 15 is 0 Å². The largest absolute Gasteiger partial charge is 0.495 e. The van der Waals surface area contributed by atoms with Gasteiger partial charge in [-0.2, -0.15) is 0 Å². The maximum atomic E-state index is 12.8. The molecule has 0 spiro atoms. The summed E-state index contributed by atoms with van der Waals surface area (Å²) in [5.41, 5.74) is 1.52. The number of halogens is 1. The molecule has 0 aliphatic rings. The molecule has 0 aliphatic carbocycles. The second-order valence-electron chi connectivity index (χ2n) is 5.81. The molecule has 0 bridgehead atoms. The number of carbonyl (C=O) groups excluding carboxylic acids is 2. The van der Waals surface area contributed by atoms with Gasteiger partial charge in [0.25, 0.3) is 0 Å². The van der Waals surface area contributed by atoms with E-state index in [4.69, 9.17) is 16.3 Å². The molecule has 6 heteroatoms. The van der Waals surface area contributed by atoms with Gasteiger partial charge in [-0.25, -0.2) is 0 Å². The Morgan fingerprint density at radius 2 is 1.81 bits per heavy atom. The number of ether oxygens (including phenoxy) is 1. The lowest BCUT2D eigenvalue weighted by molar-refractivity contribution is -0.131. The average Bonchev–Trinajstić information content (AvgIpc) is 2.64. The molecule has 0 unspecified atom stereocenters. The second-order valence-corrected chi connectivity index (χ2v) is 6.25. The Hall–Kier alpha value is -2.53. The summed E-state index contributed by atoms with van der Waals surface area (Å²) in [5, 5.41) is 0.469. The van der Waals surface area contributed by atoms with Crippen LogP contribution in [0.15, 0.2) is 48.5 Å². The van der Waals surface area contributed by atoms with E-state index < -0.39 is 0 Å². The lowest BCUT2D eigenvalue weighted by atomic mass is 10.2. The van der Waals surface area contributed by atoms with E-state index in [1.165, 1.54) is 18.9 Å². The van der Waals surface area contributed by atoms with E-state index in [2.05, 4.69) is 0 Å². The molecule has 0 saturated carbocycles. The van der Waals surface area contributed by atoms with Gasteiger partial charge in [0, 0.05) is 25.0 Å². The van der Waals surface area contributed by atoms with E-state index in [1.807, 2.05) is 37.3 Å². The summed E-state index contributed by atoms with van der Waals surface area (Å²) < 4.78 is 5.32. The van der Waals surface area contributed by atoms with Crippen molar-refractivity contribution in [2.75, 3.05) is 25.1 Å². The number of benzene rings is 2. The minimum absolute atomic E-state index is 0.0767. The molecule has 0 aromatic heterocycles. The molecule has 0 fully saturated rings. The number of anilines is 1. The van der Waals surface area contributed by atoms with Crippen LogP contribution in [0.1, 0.15) is 19.4 Å². The monoisotopic (exact) mass is 374 g/mol. The van der Waals surface area contributed by atoms with Gasteiger partial charge in [0.1, 0.15) is 12.3 Å². The lowest BCUT2D eigenvalue weighted by Gasteiger charge is -2.27. The van der Waals surface area contributed by atoms with Crippen LogP contribution >= 0.6 is 11.6 Å². The van der Waals surface area contributed by atoms with Crippen molar-refractivity contribution in [3.8, 4) is 5.75 Å². The Kier molecular flexibility index (Phi) is 7.04. The van der Waals surface area contributed by atoms with Gasteiger partial charge in [-0.15, -0.1) is 0 Å². The van der Waals surface area contributed by atoms with Crippen LogP contribution in [-0.4, -0.2) is 36.9 Å². The third-order valence-corrected chi connectivity index (χ3v) is 4.29. The molecule has 0 saturated heterocycles. The molecule has 26 heavy (non-hydrogen) atoms. The van der Waals surface area contributed by atoms with Crippen LogP contribution in [-0.2, 0) is 16.1 Å². The summed E-state index contributed by atoms with van der Waals surface area (Å²) in [6.07, 6.45) is 0. The summed E-state index contributed by atoms with van der Waals surface area (Å²) in [5.74, 6) is 0.0896. The molecular weight excluding hydrogens is 352 g/mol. The van der Waals surface area contributed by atoms with Crippen LogP contribution < -0.4 is 9.64 Å². The highest BCUT2D eigenvalue weighted by Gasteiger charge is 2.22. The van der Waals surface area contributed by atoms with Gasteiger partial charge in [0.15, 0.2) is 0 Å². The van der Waals surface area contributed by atoms with Crippen molar-refractivity contribution in [2.45, 2.75) is 20.4 Å². The summed E-state index contributed by atoms with van der Waals surface area (Å²) in [6.45, 7) is 4.30. The summed E-state index contributed by atoms with van der Waals surface area (Å²) in [4.78, 5) is 28.1. The molecule has 2 aromatic carbocycles. The molecule has 0 atom stereocenters. The molecule has 138 valence electrons. The zero-order valence-electron chi connectivity index (χ0n) is 15.2. The average molecular weight is 375 g/mol. The van der Waals surface area contributed by atoms with Crippen LogP contribution in [0.25, 0.3) is 0 Å². The van der Waals surface area contributed by atoms with E-state index in [0.717, 1.165) is 5.56 Å². The highest BCUT2D eigenvalue weighted by Crippen LogP contribution is 2.31. The van der Waals surface area contributed by atoms with Gasteiger partial charge in [0.2, 0.25) is 11.8 Å². The molecule has 0 aliphatic heterocycles. The smallest absolute Gasteiger partial charge is 0.242 e. The number of hydrogen-bond donors (Lipinski definition) is 0. The van der Waals surface area contributed by atoms with Gasteiger partial charge in [-0.3, -0.25) is 14.5 Å². The maximum Gasteiger partial charge on any atom is 0.242 e. The number of rotatable bonds is 7. The fraction of sp³-hybridized carbons (Fsp3) is 0.300. The van der Waals surface area contributed by atoms with Gasteiger partial charge >= 0.3 is 0 Å². The molecule has 2 rings (SSSR count). The van der Waals surface area contributed by atoms with Crippen molar-refractivity contribution in [1.82, 2.24) is 4.90 Å². The molecule has 0 N–H and O–H groups in total. The second kappa shape index (κ2) is 9.25. The van der Waals surface area contributed by atoms with Crippen molar-refractivity contribution in [1.29, 1.82) is 0 Å². The minimum atomic E-state index is -0.255. The zero-order chi connectivity index (χ0) is 19.1.